The highest BCUT2D eigenvalue weighted by molar-refractivity contribution is 6.30. The van der Waals surface area contributed by atoms with Crippen molar-refractivity contribution in [2.45, 2.75) is 19.8 Å². The molecule has 0 aliphatic rings. The van der Waals surface area contributed by atoms with Crippen LogP contribution in [0.5, 0.6) is 5.75 Å². The van der Waals surface area contributed by atoms with Crippen molar-refractivity contribution < 1.29 is 9.53 Å². The smallest absolute Gasteiger partial charge is 0.224 e. The zero-order chi connectivity index (χ0) is 15.1. The fraction of sp³-hybridized carbons (Fsp3) is 0.235. The molecule has 110 valence electrons. The number of anilines is 1. The molecule has 2 rings (SSSR count). The zero-order valence-corrected chi connectivity index (χ0v) is 12.7. The molecule has 0 saturated heterocycles. The molecule has 0 aliphatic carbocycles. The van der Waals surface area contributed by atoms with Crippen LogP contribution >= 0.6 is 11.6 Å². The maximum Gasteiger partial charge on any atom is 0.224 e. The molecule has 1 N–H and O–H groups in total. The molecule has 1 amide bonds. The summed E-state index contributed by atoms with van der Waals surface area (Å²) >= 11 is 5.80. The second kappa shape index (κ2) is 7.70. The fourth-order valence-corrected chi connectivity index (χ4v) is 2.01. The first-order valence-electron chi connectivity index (χ1n) is 6.89. The second-order valence-corrected chi connectivity index (χ2v) is 5.21. The van der Waals surface area contributed by atoms with Crippen molar-refractivity contribution in [3.05, 3.63) is 59.1 Å². The summed E-state index contributed by atoms with van der Waals surface area (Å²) in [6.07, 6.45) is 1.10. The standard InChI is InChI=1S/C17H18ClNO2/c1-13-5-2-3-6-16(13)19-17(20)7-4-12-21-15-10-8-14(18)9-11-15/h2-3,5-6,8-11H,4,7,12H2,1H3,(H,19,20). The third-order valence-corrected chi connectivity index (χ3v) is 3.30. The van der Waals surface area contributed by atoms with Gasteiger partial charge < -0.3 is 10.1 Å². The van der Waals surface area contributed by atoms with Crippen LogP contribution in [0.2, 0.25) is 5.02 Å². The average molecular weight is 304 g/mol. The normalized spacial score (nSPS) is 10.2. The van der Waals surface area contributed by atoms with Crippen molar-refractivity contribution in [1.82, 2.24) is 0 Å². The van der Waals surface area contributed by atoms with E-state index < -0.39 is 0 Å². The van der Waals surface area contributed by atoms with Crippen molar-refractivity contribution in [3.63, 3.8) is 0 Å². The van der Waals surface area contributed by atoms with E-state index in [0.717, 1.165) is 17.0 Å². The topological polar surface area (TPSA) is 38.3 Å². The Kier molecular flexibility index (Phi) is 5.64. The van der Waals surface area contributed by atoms with Crippen LogP contribution in [0.15, 0.2) is 48.5 Å². The third kappa shape index (κ3) is 5.12. The third-order valence-electron chi connectivity index (χ3n) is 3.05. The largest absolute Gasteiger partial charge is 0.494 e. The number of halogens is 1. The molecule has 0 radical (unpaired) electrons. The van der Waals surface area contributed by atoms with E-state index >= 15 is 0 Å². The van der Waals surface area contributed by atoms with Crippen molar-refractivity contribution in [1.29, 1.82) is 0 Å². The predicted octanol–water partition coefficient (Wildman–Crippen LogP) is 4.45. The second-order valence-electron chi connectivity index (χ2n) is 4.77. The molecule has 3 nitrogen and oxygen atoms in total. The van der Waals surface area contributed by atoms with Gasteiger partial charge in [-0.05, 0) is 49.2 Å². The van der Waals surface area contributed by atoms with Crippen molar-refractivity contribution in [2.75, 3.05) is 11.9 Å². The summed E-state index contributed by atoms with van der Waals surface area (Å²) in [6.45, 7) is 2.47. The quantitative estimate of drug-likeness (QED) is 0.801. The summed E-state index contributed by atoms with van der Waals surface area (Å²) in [5.41, 5.74) is 1.92. The monoisotopic (exact) mass is 303 g/mol. The maximum absolute atomic E-state index is 11.8. The lowest BCUT2D eigenvalue weighted by Gasteiger charge is -2.09. The summed E-state index contributed by atoms with van der Waals surface area (Å²) in [5.74, 6) is 0.766. The van der Waals surface area contributed by atoms with Crippen molar-refractivity contribution in [2.24, 2.45) is 0 Å². The Morgan fingerprint density at radius 2 is 1.86 bits per heavy atom. The highest BCUT2D eigenvalue weighted by Gasteiger charge is 2.04. The number of ether oxygens (including phenoxy) is 1. The van der Waals surface area contributed by atoms with E-state index in [1.807, 2.05) is 43.3 Å². The summed E-state index contributed by atoms with van der Waals surface area (Å²) < 4.78 is 5.55. The lowest BCUT2D eigenvalue weighted by molar-refractivity contribution is -0.116. The Morgan fingerprint density at radius 3 is 2.57 bits per heavy atom. The molecule has 4 heteroatoms. The molecule has 2 aromatic rings. The number of rotatable bonds is 6. The van der Waals surface area contributed by atoms with Gasteiger partial charge in [0.1, 0.15) is 5.75 Å². The van der Waals surface area contributed by atoms with Crippen LogP contribution in [-0.4, -0.2) is 12.5 Å². The van der Waals surface area contributed by atoms with E-state index in [2.05, 4.69) is 5.32 Å². The van der Waals surface area contributed by atoms with Crippen LogP contribution in [0.3, 0.4) is 0 Å². The first-order chi connectivity index (χ1) is 10.1. The van der Waals surface area contributed by atoms with Gasteiger partial charge >= 0.3 is 0 Å². The minimum Gasteiger partial charge on any atom is -0.494 e. The Balaban J connectivity index is 1.70. The highest BCUT2D eigenvalue weighted by atomic mass is 35.5. The first-order valence-corrected chi connectivity index (χ1v) is 7.27. The van der Waals surface area contributed by atoms with Crippen LogP contribution in [0.25, 0.3) is 0 Å². The summed E-state index contributed by atoms with van der Waals surface area (Å²) in [4.78, 5) is 11.8. The van der Waals surface area contributed by atoms with E-state index in [1.54, 1.807) is 12.1 Å². The molecule has 2 aromatic carbocycles. The number of hydrogen-bond acceptors (Lipinski definition) is 2. The molecule has 0 unspecified atom stereocenters. The fourth-order valence-electron chi connectivity index (χ4n) is 1.88. The molecule has 0 aromatic heterocycles. The number of carbonyl (C=O) groups excluding carboxylic acids is 1. The average Bonchev–Trinajstić information content (AvgIpc) is 2.48. The molecule has 0 aliphatic heterocycles. The van der Waals surface area contributed by atoms with Crippen LogP contribution in [0, 0.1) is 6.92 Å². The summed E-state index contributed by atoms with van der Waals surface area (Å²) in [5, 5.41) is 3.58. The molecule has 0 bridgehead atoms. The molecule has 0 saturated carbocycles. The van der Waals surface area contributed by atoms with Crippen LogP contribution in [0.1, 0.15) is 18.4 Å². The van der Waals surface area contributed by atoms with Gasteiger partial charge in [-0.1, -0.05) is 29.8 Å². The molecule has 0 atom stereocenters. The lowest BCUT2D eigenvalue weighted by Crippen LogP contribution is -2.13. The van der Waals surface area contributed by atoms with Gasteiger partial charge in [0.05, 0.1) is 6.61 Å². The van der Waals surface area contributed by atoms with Crippen LogP contribution < -0.4 is 10.1 Å². The SMILES string of the molecule is Cc1ccccc1NC(=O)CCCOc1ccc(Cl)cc1. The Labute approximate surface area is 129 Å². The zero-order valence-electron chi connectivity index (χ0n) is 11.9. The highest BCUT2D eigenvalue weighted by Crippen LogP contribution is 2.16. The number of para-hydroxylation sites is 1. The predicted molar refractivity (Wildman–Crippen MR) is 86.0 cm³/mol. The van der Waals surface area contributed by atoms with E-state index in [0.29, 0.717) is 24.5 Å². The summed E-state index contributed by atoms with van der Waals surface area (Å²) in [6, 6.07) is 14.9. The van der Waals surface area contributed by atoms with Crippen LogP contribution in [-0.2, 0) is 4.79 Å². The van der Waals surface area contributed by atoms with E-state index in [4.69, 9.17) is 16.3 Å². The van der Waals surface area contributed by atoms with Gasteiger partial charge in [-0.25, -0.2) is 0 Å². The Hall–Kier alpha value is -2.00. The maximum atomic E-state index is 11.8. The number of hydrogen-bond donors (Lipinski definition) is 1. The minimum absolute atomic E-state index is 0.00371. The van der Waals surface area contributed by atoms with E-state index in [-0.39, 0.29) is 5.91 Å². The molecule has 0 heterocycles. The van der Waals surface area contributed by atoms with Gasteiger partial charge in [0.2, 0.25) is 5.91 Å². The molecular formula is C17H18ClNO2. The number of benzene rings is 2. The van der Waals surface area contributed by atoms with E-state index in [9.17, 15) is 4.79 Å². The Morgan fingerprint density at radius 1 is 1.14 bits per heavy atom. The lowest BCUT2D eigenvalue weighted by atomic mass is 10.2. The summed E-state index contributed by atoms with van der Waals surface area (Å²) in [7, 11) is 0. The molecule has 21 heavy (non-hydrogen) atoms. The van der Waals surface area contributed by atoms with Gasteiger partial charge in [0.15, 0.2) is 0 Å². The van der Waals surface area contributed by atoms with Gasteiger partial charge in [-0.2, -0.15) is 0 Å². The van der Waals surface area contributed by atoms with Crippen LogP contribution in [0.4, 0.5) is 5.69 Å². The van der Waals surface area contributed by atoms with Gasteiger partial charge in [-0.3, -0.25) is 4.79 Å². The Bertz CT molecular complexity index is 596. The molecule has 0 spiro atoms. The minimum atomic E-state index is 0.00371. The van der Waals surface area contributed by atoms with Crippen molar-refractivity contribution >= 4 is 23.2 Å². The van der Waals surface area contributed by atoms with E-state index in [1.165, 1.54) is 0 Å². The molecule has 0 fully saturated rings. The molecular weight excluding hydrogens is 286 g/mol. The van der Waals surface area contributed by atoms with Crippen molar-refractivity contribution in [3.8, 4) is 5.75 Å². The first kappa shape index (κ1) is 15.4. The number of aryl methyl sites for hydroxylation is 1. The number of carbonyl (C=O) groups is 1. The number of amides is 1. The van der Waals surface area contributed by atoms with Gasteiger partial charge in [0, 0.05) is 17.1 Å². The number of nitrogens with one attached hydrogen (secondary N) is 1. The van der Waals surface area contributed by atoms with Gasteiger partial charge in [-0.15, -0.1) is 0 Å². The van der Waals surface area contributed by atoms with Gasteiger partial charge in [0.25, 0.3) is 0 Å².